The maximum Gasteiger partial charge on any atom is 0.114 e. The molecule has 0 atom stereocenters. The summed E-state index contributed by atoms with van der Waals surface area (Å²) in [6.07, 6.45) is 2.24. The van der Waals surface area contributed by atoms with E-state index in [0.29, 0.717) is 0 Å². The molecule has 1 aliphatic rings. The molecule has 1 heterocycles. The number of nitrogens with zero attached hydrogens (tertiary/aromatic N) is 2. The number of rotatable bonds is 4. The van der Waals surface area contributed by atoms with Crippen LogP contribution >= 0.6 is 24.4 Å². The first kappa shape index (κ1) is 15.4. The number of benzene rings is 2. The van der Waals surface area contributed by atoms with Gasteiger partial charge in [-0.3, -0.25) is 0 Å². The van der Waals surface area contributed by atoms with Crippen LogP contribution in [0.15, 0.2) is 30.3 Å². The molecular formula is C18H20N2S2. The minimum atomic E-state index is 0.868. The van der Waals surface area contributed by atoms with E-state index in [1.165, 1.54) is 16.5 Å². The fourth-order valence-electron chi connectivity index (χ4n) is 3.04. The summed E-state index contributed by atoms with van der Waals surface area (Å²) in [5, 5.41) is 2.43. The van der Waals surface area contributed by atoms with Crippen LogP contribution in [-0.4, -0.2) is 35.5 Å². The van der Waals surface area contributed by atoms with Crippen LogP contribution in [0.1, 0.15) is 30.9 Å². The van der Waals surface area contributed by atoms with Gasteiger partial charge in [0.15, 0.2) is 0 Å². The van der Waals surface area contributed by atoms with Crippen LogP contribution in [0.5, 0.6) is 0 Å². The Balaban J connectivity index is 2.23. The smallest absolute Gasteiger partial charge is 0.114 e. The summed E-state index contributed by atoms with van der Waals surface area (Å²) >= 11 is 11.5. The van der Waals surface area contributed by atoms with Gasteiger partial charge >= 0.3 is 0 Å². The van der Waals surface area contributed by atoms with Crippen LogP contribution in [0.25, 0.3) is 10.8 Å². The number of anilines is 1. The van der Waals surface area contributed by atoms with Crippen LogP contribution in [0, 0.1) is 0 Å². The van der Waals surface area contributed by atoms with Crippen LogP contribution in [0.3, 0.4) is 0 Å². The van der Waals surface area contributed by atoms with Crippen LogP contribution in [0.4, 0.5) is 5.69 Å². The third-order valence-corrected chi connectivity index (χ3v) is 5.07. The molecule has 0 aliphatic carbocycles. The van der Waals surface area contributed by atoms with Gasteiger partial charge in [0.25, 0.3) is 0 Å². The zero-order chi connectivity index (χ0) is 15.9. The molecule has 0 amide bonds. The first-order valence-electron chi connectivity index (χ1n) is 7.65. The molecule has 2 aromatic rings. The van der Waals surface area contributed by atoms with Crippen LogP contribution < -0.4 is 4.90 Å². The van der Waals surface area contributed by atoms with E-state index in [2.05, 4.69) is 61.2 Å². The summed E-state index contributed by atoms with van der Waals surface area (Å²) in [6.45, 7) is 3.09. The lowest BCUT2D eigenvalue weighted by Gasteiger charge is -2.33. The zero-order valence-corrected chi connectivity index (χ0v) is 14.9. The summed E-state index contributed by atoms with van der Waals surface area (Å²) in [5.41, 5.74) is 3.47. The van der Waals surface area contributed by atoms with Gasteiger partial charge in [0.2, 0.25) is 0 Å². The molecule has 22 heavy (non-hydrogen) atoms. The highest BCUT2D eigenvalue weighted by Gasteiger charge is 2.27. The SMILES string of the molecule is CCCCN1C(=S)c2cccc3c(N(C)C)ccc(c23)C1=S. The van der Waals surface area contributed by atoms with E-state index in [4.69, 9.17) is 24.4 Å². The molecule has 0 radical (unpaired) electrons. The van der Waals surface area contributed by atoms with Crippen molar-refractivity contribution in [3.63, 3.8) is 0 Å². The molecule has 0 saturated heterocycles. The normalized spacial score (nSPS) is 13.9. The molecule has 3 rings (SSSR count). The number of unbranched alkanes of at least 4 members (excludes halogenated alkanes) is 1. The van der Waals surface area contributed by atoms with Gasteiger partial charge in [-0.2, -0.15) is 0 Å². The van der Waals surface area contributed by atoms with Crippen LogP contribution in [-0.2, 0) is 0 Å². The average Bonchev–Trinajstić information content (AvgIpc) is 2.51. The largest absolute Gasteiger partial charge is 0.377 e. The van der Waals surface area contributed by atoms with Crippen molar-refractivity contribution in [1.29, 1.82) is 0 Å². The zero-order valence-electron chi connectivity index (χ0n) is 13.2. The first-order valence-corrected chi connectivity index (χ1v) is 8.47. The standard InChI is InChI=1S/C18H20N2S2/c1-4-5-11-20-17(21)13-8-6-7-12-15(19(2)3)10-9-14(16(12)13)18(20)22/h6-10H,4-5,11H2,1-3H3. The molecule has 2 nitrogen and oxygen atoms in total. The van der Waals surface area contributed by atoms with Gasteiger partial charge in [-0.05, 0) is 18.6 Å². The van der Waals surface area contributed by atoms with E-state index >= 15 is 0 Å². The van der Waals surface area contributed by atoms with Crippen molar-refractivity contribution in [1.82, 2.24) is 4.90 Å². The highest BCUT2D eigenvalue weighted by Crippen LogP contribution is 2.36. The molecule has 114 valence electrons. The van der Waals surface area contributed by atoms with Crippen molar-refractivity contribution < 1.29 is 0 Å². The van der Waals surface area contributed by atoms with E-state index in [1.54, 1.807) is 0 Å². The van der Waals surface area contributed by atoms with E-state index in [9.17, 15) is 0 Å². The fourth-order valence-corrected chi connectivity index (χ4v) is 3.80. The van der Waals surface area contributed by atoms with Gasteiger partial charge in [-0.1, -0.05) is 56.0 Å². The third kappa shape index (κ3) is 2.31. The molecule has 0 N–H and O–H groups in total. The molecule has 0 saturated carbocycles. The summed E-state index contributed by atoms with van der Waals surface area (Å²) in [7, 11) is 4.13. The molecular weight excluding hydrogens is 308 g/mol. The van der Waals surface area contributed by atoms with Crippen molar-refractivity contribution in [2.45, 2.75) is 19.8 Å². The monoisotopic (exact) mass is 328 g/mol. The van der Waals surface area contributed by atoms with Crippen molar-refractivity contribution in [2.24, 2.45) is 0 Å². The minimum Gasteiger partial charge on any atom is -0.377 e. The molecule has 4 heteroatoms. The Morgan fingerprint density at radius 2 is 1.68 bits per heavy atom. The van der Waals surface area contributed by atoms with Crippen LogP contribution in [0.2, 0.25) is 0 Å². The highest BCUT2D eigenvalue weighted by atomic mass is 32.1. The van der Waals surface area contributed by atoms with Gasteiger partial charge in [0.1, 0.15) is 9.98 Å². The molecule has 0 unspecified atom stereocenters. The van der Waals surface area contributed by atoms with E-state index in [0.717, 1.165) is 40.5 Å². The van der Waals surface area contributed by atoms with Crippen molar-refractivity contribution in [3.8, 4) is 0 Å². The Hall–Kier alpha value is -1.52. The number of hydrogen-bond acceptors (Lipinski definition) is 3. The summed E-state index contributed by atoms with van der Waals surface area (Å²) in [6, 6.07) is 10.7. The van der Waals surface area contributed by atoms with E-state index in [1.807, 2.05) is 0 Å². The average molecular weight is 329 g/mol. The summed E-state index contributed by atoms with van der Waals surface area (Å²) in [5.74, 6) is 0. The van der Waals surface area contributed by atoms with Crippen molar-refractivity contribution >= 4 is 50.9 Å². The van der Waals surface area contributed by atoms with E-state index < -0.39 is 0 Å². The predicted molar refractivity (Wildman–Crippen MR) is 103 cm³/mol. The highest BCUT2D eigenvalue weighted by molar-refractivity contribution is 7.82. The summed E-state index contributed by atoms with van der Waals surface area (Å²) in [4.78, 5) is 6.00. The van der Waals surface area contributed by atoms with Gasteiger partial charge in [-0.25, -0.2) is 0 Å². The fraction of sp³-hybridized carbons (Fsp3) is 0.333. The van der Waals surface area contributed by atoms with Crippen molar-refractivity contribution in [3.05, 3.63) is 41.5 Å². The lowest BCUT2D eigenvalue weighted by molar-refractivity contribution is 0.583. The predicted octanol–water partition coefficient (Wildman–Crippen LogP) is 4.37. The van der Waals surface area contributed by atoms with Crippen molar-refractivity contribution in [2.75, 3.05) is 25.5 Å². The number of thiocarbonyl (C=S) groups is 2. The number of hydrogen-bond donors (Lipinski definition) is 0. The van der Waals surface area contributed by atoms with Gasteiger partial charge < -0.3 is 9.80 Å². The third-order valence-electron chi connectivity index (χ3n) is 4.19. The molecule has 0 spiro atoms. The lowest BCUT2D eigenvalue weighted by Crippen LogP contribution is -2.39. The molecule has 1 aliphatic heterocycles. The second kappa shape index (κ2) is 5.94. The topological polar surface area (TPSA) is 6.48 Å². The molecule has 0 fully saturated rings. The Morgan fingerprint density at radius 1 is 1.00 bits per heavy atom. The first-order chi connectivity index (χ1) is 10.6. The quantitative estimate of drug-likeness (QED) is 0.768. The van der Waals surface area contributed by atoms with Gasteiger partial charge in [-0.15, -0.1) is 0 Å². The molecule has 0 aromatic heterocycles. The van der Waals surface area contributed by atoms with Gasteiger partial charge in [0.05, 0.1) is 0 Å². The maximum atomic E-state index is 5.74. The second-order valence-corrected chi connectivity index (χ2v) is 6.64. The summed E-state index contributed by atoms with van der Waals surface area (Å²) < 4.78 is 0. The Bertz CT molecular complexity index is 743. The Kier molecular flexibility index (Phi) is 4.15. The van der Waals surface area contributed by atoms with E-state index in [-0.39, 0.29) is 0 Å². The second-order valence-electron chi connectivity index (χ2n) is 5.87. The maximum absolute atomic E-state index is 5.74. The Morgan fingerprint density at radius 3 is 2.32 bits per heavy atom. The lowest BCUT2D eigenvalue weighted by atomic mass is 9.93. The molecule has 2 aromatic carbocycles. The molecule has 0 bridgehead atoms. The Labute approximate surface area is 142 Å². The minimum absolute atomic E-state index is 0.868. The van der Waals surface area contributed by atoms with Gasteiger partial charge in [0, 0.05) is 48.2 Å².